The molecule has 0 aromatic rings. The maximum atomic E-state index is 14.4. The molecule has 0 unspecified atom stereocenters. The van der Waals surface area contributed by atoms with Gasteiger partial charge in [-0.3, -0.25) is 9.59 Å². The molecule has 5 aliphatic carbocycles. The Kier molecular flexibility index (Phi) is 8.40. The summed E-state index contributed by atoms with van der Waals surface area (Å²) >= 11 is 0. The van der Waals surface area contributed by atoms with Gasteiger partial charge in [0.15, 0.2) is 0 Å². The third kappa shape index (κ3) is 4.55. The summed E-state index contributed by atoms with van der Waals surface area (Å²) in [5.41, 5.74) is -2.83. The Bertz CT molecular complexity index is 1310. The van der Waals surface area contributed by atoms with Gasteiger partial charge < -0.3 is 45.2 Å². The summed E-state index contributed by atoms with van der Waals surface area (Å²) in [6.07, 6.45) is -2.06. The Morgan fingerprint density at radius 2 is 1.51 bits per heavy atom. The first kappa shape index (κ1) is 35.2. The largest absolute Gasteiger partial charge is 0.481 e. The second-order valence-electron chi connectivity index (χ2n) is 17.6. The van der Waals surface area contributed by atoms with Crippen LogP contribution in [0, 0.1) is 50.2 Å². The number of carbonyl (C=O) groups excluding carboxylic acids is 1. The molecular formula is C36H56O11. The van der Waals surface area contributed by atoms with Crippen molar-refractivity contribution in [2.75, 3.05) is 6.61 Å². The van der Waals surface area contributed by atoms with Gasteiger partial charge in [0.05, 0.1) is 29.6 Å². The predicted octanol–water partition coefficient (Wildman–Crippen LogP) is 2.53. The number of hydrogen-bond donors (Lipinski definition) is 7. The summed E-state index contributed by atoms with van der Waals surface area (Å²) in [6, 6.07) is 0. The van der Waals surface area contributed by atoms with Crippen molar-refractivity contribution >= 4 is 11.9 Å². The fourth-order valence-corrected chi connectivity index (χ4v) is 12.0. The van der Waals surface area contributed by atoms with Crippen LogP contribution < -0.4 is 0 Å². The third-order valence-corrected chi connectivity index (χ3v) is 15.4. The number of ether oxygens (including phenoxy) is 2. The van der Waals surface area contributed by atoms with Gasteiger partial charge in [-0.25, -0.2) is 0 Å². The molecule has 11 nitrogen and oxygen atoms in total. The van der Waals surface area contributed by atoms with Crippen molar-refractivity contribution in [3.63, 3.8) is 0 Å². The van der Waals surface area contributed by atoms with Crippen molar-refractivity contribution in [1.82, 2.24) is 0 Å². The van der Waals surface area contributed by atoms with Crippen LogP contribution >= 0.6 is 0 Å². The van der Waals surface area contributed by atoms with Crippen molar-refractivity contribution in [2.45, 2.75) is 142 Å². The lowest BCUT2D eigenvalue weighted by Crippen LogP contribution is -2.68. The fourth-order valence-electron chi connectivity index (χ4n) is 12.0. The van der Waals surface area contributed by atoms with Crippen LogP contribution in [0.3, 0.4) is 0 Å². The summed E-state index contributed by atoms with van der Waals surface area (Å²) in [6.45, 7) is 11.9. The van der Waals surface area contributed by atoms with Crippen molar-refractivity contribution < 1.29 is 54.8 Å². The van der Waals surface area contributed by atoms with Crippen molar-refractivity contribution in [3.05, 3.63) is 11.6 Å². The molecule has 15 atom stereocenters. The number of aliphatic hydroxyl groups excluding tert-OH is 6. The molecule has 6 aliphatic rings. The molecule has 1 heterocycles. The monoisotopic (exact) mass is 664 g/mol. The molecule has 0 spiro atoms. The van der Waals surface area contributed by atoms with E-state index in [0.29, 0.717) is 44.9 Å². The molecule has 0 radical (unpaired) electrons. The maximum Gasteiger partial charge on any atom is 0.315 e. The second kappa shape index (κ2) is 11.2. The lowest BCUT2D eigenvalue weighted by Gasteiger charge is -2.71. The van der Waals surface area contributed by atoms with Crippen LogP contribution in [-0.2, 0) is 19.1 Å². The van der Waals surface area contributed by atoms with E-state index in [4.69, 9.17) is 9.47 Å². The number of esters is 1. The van der Waals surface area contributed by atoms with Gasteiger partial charge in [-0.2, -0.15) is 0 Å². The predicted molar refractivity (Wildman–Crippen MR) is 168 cm³/mol. The highest BCUT2D eigenvalue weighted by molar-refractivity contribution is 5.79. The Morgan fingerprint density at radius 1 is 0.851 bits per heavy atom. The van der Waals surface area contributed by atoms with Crippen LogP contribution in [0.5, 0.6) is 0 Å². The molecule has 0 aromatic heterocycles. The molecule has 4 saturated carbocycles. The number of aliphatic carboxylic acids is 1. The van der Waals surface area contributed by atoms with Gasteiger partial charge in [0.2, 0.25) is 6.29 Å². The van der Waals surface area contributed by atoms with Crippen LogP contribution in [-0.4, -0.2) is 97.2 Å². The fraction of sp³-hybridized carbons (Fsp3) is 0.889. The molecule has 47 heavy (non-hydrogen) atoms. The average Bonchev–Trinajstić information content (AvgIpc) is 3.01. The van der Waals surface area contributed by atoms with Crippen molar-refractivity contribution in [2.24, 2.45) is 50.2 Å². The standard InChI is InChI=1S/C36H56O11/c1-31(2)13-15-36(30(45)47-28-26(41)25(40)24(39)19(17-37)46-28)16-14-33(4)18(23(36)27(31)42)7-8-20-32(3)11-10-22(38)35(6,29(43)44)21(32)9-12-34(20,33)5/h7,19-28,37-42H,8-17H2,1-6H3,(H,43,44)/t19-,20-,21-,22+,23-,24-,25+,26-,27+,28+,32-,33-,34-,35-,36+/m1/s1. The molecule has 0 amide bonds. The molecule has 266 valence electrons. The van der Waals surface area contributed by atoms with Gasteiger partial charge >= 0.3 is 11.9 Å². The second-order valence-corrected chi connectivity index (χ2v) is 17.6. The molecule has 6 rings (SSSR count). The number of carbonyl (C=O) groups is 2. The zero-order valence-electron chi connectivity index (χ0n) is 28.7. The van der Waals surface area contributed by atoms with Crippen LogP contribution in [0.25, 0.3) is 0 Å². The van der Waals surface area contributed by atoms with Gasteiger partial charge in [-0.1, -0.05) is 46.3 Å². The molecule has 0 bridgehead atoms. The summed E-state index contributed by atoms with van der Waals surface area (Å²) in [5, 5.41) is 74.5. The summed E-state index contributed by atoms with van der Waals surface area (Å²) in [4.78, 5) is 27.1. The number of hydrogen-bond acceptors (Lipinski definition) is 10. The minimum absolute atomic E-state index is 0.135. The number of rotatable bonds is 4. The number of fused-ring (bicyclic) bond motifs is 7. The number of carboxylic acids is 1. The minimum atomic E-state index is -1.72. The van der Waals surface area contributed by atoms with E-state index < -0.39 is 89.0 Å². The Labute approximate surface area is 277 Å². The van der Waals surface area contributed by atoms with Crippen LogP contribution in [0.1, 0.15) is 99.3 Å². The Morgan fingerprint density at radius 3 is 2.15 bits per heavy atom. The molecule has 1 aliphatic heterocycles. The Balaban J connectivity index is 1.39. The molecule has 1 saturated heterocycles. The van der Waals surface area contributed by atoms with Gasteiger partial charge in [0.1, 0.15) is 24.4 Å². The Hall–Kier alpha value is -1.60. The van der Waals surface area contributed by atoms with Crippen LogP contribution in [0.2, 0.25) is 0 Å². The quantitative estimate of drug-likeness (QED) is 0.172. The van der Waals surface area contributed by atoms with E-state index >= 15 is 0 Å². The van der Waals surface area contributed by atoms with E-state index in [9.17, 15) is 45.3 Å². The summed E-state index contributed by atoms with van der Waals surface area (Å²) in [5.74, 6) is -2.22. The first-order valence-corrected chi connectivity index (χ1v) is 17.6. The first-order valence-electron chi connectivity index (χ1n) is 17.6. The highest BCUT2D eigenvalue weighted by Gasteiger charge is 2.72. The number of allylic oxidation sites excluding steroid dienone is 1. The molecule has 11 heteroatoms. The summed E-state index contributed by atoms with van der Waals surface area (Å²) < 4.78 is 11.4. The molecule has 0 aromatic carbocycles. The highest BCUT2D eigenvalue weighted by Crippen LogP contribution is 2.76. The zero-order valence-corrected chi connectivity index (χ0v) is 28.7. The van der Waals surface area contributed by atoms with Crippen molar-refractivity contribution in [3.8, 4) is 0 Å². The van der Waals surface area contributed by atoms with Gasteiger partial charge in [0, 0.05) is 5.92 Å². The third-order valence-electron chi connectivity index (χ3n) is 15.4. The number of carboxylic acid groups (broad SMARTS) is 1. The maximum absolute atomic E-state index is 14.4. The smallest absolute Gasteiger partial charge is 0.315 e. The van der Waals surface area contributed by atoms with E-state index in [1.165, 1.54) is 0 Å². The van der Waals surface area contributed by atoms with Gasteiger partial charge in [-0.05, 0) is 98.2 Å². The van der Waals surface area contributed by atoms with Crippen LogP contribution in [0.4, 0.5) is 0 Å². The zero-order chi connectivity index (χ0) is 34.7. The van der Waals surface area contributed by atoms with Crippen molar-refractivity contribution in [1.29, 1.82) is 0 Å². The van der Waals surface area contributed by atoms with Crippen LogP contribution in [0.15, 0.2) is 11.6 Å². The normalized spacial score (nSPS) is 53.7. The summed E-state index contributed by atoms with van der Waals surface area (Å²) in [7, 11) is 0. The lowest BCUT2D eigenvalue weighted by molar-refractivity contribution is -0.298. The first-order chi connectivity index (χ1) is 21.8. The molecule has 5 fully saturated rings. The van der Waals surface area contributed by atoms with E-state index in [2.05, 4.69) is 26.8 Å². The van der Waals surface area contributed by atoms with E-state index in [-0.39, 0.29) is 22.7 Å². The lowest BCUT2D eigenvalue weighted by atomic mass is 9.33. The van der Waals surface area contributed by atoms with E-state index in [0.717, 1.165) is 18.4 Å². The van der Waals surface area contributed by atoms with Gasteiger partial charge in [-0.15, -0.1) is 0 Å². The SMILES string of the molecule is CC1(C)CC[C@]2(C(=O)O[C@@H]3O[C@H](CO)[C@@H](O)[C@H](O)[C@H]3O)CC[C@]3(C)C(=CC[C@@H]4[C@@]5(C)CC[C@H](O)[C@](C)(C(=O)O)[C@@H]5CC[C@]43C)[C@@H]2[C@@H]1O. The molecule has 7 N–H and O–H groups in total. The topological polar surface area (TPSA) is 194 Å². The van der Waals surface area contributed by atoms with Gasteiger partial charge in [0.25, 0.3) is 0 Å². The minimum Gasteiger partial charge on any atom is -0.481 e. The molecular weight excluding hydrogens is 608 g/mol. The highest BCUT2D eigenvalue weighted by atomic mass is 16.7. The van der Waals surface area contributed by atoms with E-state index in [1.807, 2.05) is 13.8 Å². The van der Waals surface area contributed by atoms with E-state index in [1.54, 1.807) is 6.92 Å². The number of aliphatic hydroxyl groups is 6. The average molecular weight is 665 g/mol.